The molecule has 4 nitrogen and oxygen atoms in total. The largest absolute Gasteiger partial charge is 0.507 e. The van der Waals surface area contributed by atoms with Crippen LogP contribution < -0.4 is 0 Å². The third-order valence-corrected chi connectivity index (χ3v) is 2.26. The lowest BCUT2D eigenvalue weighted by molar-refractivity contribution is 0.0601. The van der Waals surface area contributed by atoms with Gasteiger partial charge in [-0.15, -0.1) is 0 Å². The van der Waals surface area contributed by atoms with Crippen LogP contribution in [-0.2, 0) is 4.74 Å². The number of furan rings is 1. The maximum atomic E-state index is 11.4. The van der Waals surface area contributed by atoms with E-state index < -0.39 is 5.97 Å². The molecule has 0 spiro atoms. The highest BCUT2D eigenvalue weighted by Crippen LogP contribution is 2.32. The SMILES string of the molecule is COC(=O)c1cocc1-c1ccccc1O. The molecule has 0 unspecified atom stereocenters. The van der Waals surface area contributed by atoms with Gasteiger partial charge in [0, 0.05) is 11.1 Å². The summed E-state index contributed by atoms with van der Waals surface area (Å²) in [5.74, 6) is -0.402. The smallest absolute Gasteiger partial charge is 0.341 e. The maximum absolute atomic E-state index is 11.4. The molecule has 0 atom stereocenters. The highest BCUT2D eigenvalue weighted by Gasteiger charge is 2.17. The molecule has 1 heterocycles. The van der Waals surface area contributed by atoms with E-state index in [0.717, 1.165) is 0 Å². The summed E-state index contributed by atoms with van der Waals surface area (Å²) in [4.78, 5) is 11.4. The van der Waals surface area contributed by atoms with Crippen molar-refractivity contribution in [3.8, 4) is 16.9 Å². The lowest BCUT2D eigenvalue weighted by Gasteiger charge is -2.03. The number of phenols is 1. The van der Waals surface area contributed by atoms with Gasteiger partial charge < -0.3 is 14.3 Å². The Hall–Kier alpha value is -2.23. The highest BCUT2D eigenvalue weighted by molar-refractivity contribution is 5.97. The molecule has 0 radical (unpaired) electrons. The van der Waals surface area contributed by atoms with Gasteiger partial charge in [-0.05, 0) is 6.07 Å². The van der Waals surface area contributed by atoms with Crippen LogP contribution in [0.3, 0.4) is 0 Å². The summed E-state index contributed by atoms with van der Waals surface area (Å²) in [5, 5.41) is 9.67. The maximum Gasteiger partial charge on any atom is 0.341 e. The number of rotatable bonds is 2. The molecule has 0 amide bonds. The molecule has 0 fully saturated rings. The third-order valence-electron chi connectivity index (χ3n) is 2.26. The minimum Gasteiger partial charge on any atom is -0.507 e. The average molecular weight is 218 g/mol. The summed E-state index contributed by atoms with van der Waals surface area (Å²) in [6, 6.07) is 6.72. The first kappa shape index (κ1) is 10.3. The Bertz CT molecular complexity index is 513. The monoisotopic (exact) mass is 218 g/mol. The van der Waals surface area contributed by atoms with E-state index in [9.17, 15) is 9.90 Å². The summed E-state index contributed by atoms with van der Waals surface area (Å²) in [7, 11) is 1.30. The molecule has 0 bridgehead atoms. The molecule has 4 heteroatoms. The fraction of sp³-hybridized carbons (Fsp3) is 0.0833. The Labute approximate surface area is 92.1 Å². The number of hydrogen-bond acceptors (Lipinski definition) is 4. The summed E-state index contributed by atoms with van der Waals surface area (Å²) in [6.07, 6.45) is 2.70. The predicted molar refractivity (Wildman–Crippen MR) is 57.1 cm³/mol. The first-order valence-electron chi connectivity index (χ1n) is 4.67. The average Bonchev–Trinajstić information content (AvgIpc) is 2.77. The van der Waals surface area contributed by atoms with Gasteiger partial charge in [-0.25, -0.2) is 4.79 Å². The summed E-state index contributed by atoms with van der Waals surface area (Å²) in [5.41, 5.74) is 1.35. The van der Waals surface area contributed by atoms with Crippen LogP contribution in [0.2, 0.25) is 0 Å². The molecule has 0 saturated carbocycles. The summed E-state index contributed by atoms with van der Waals surface area (Å²) < 4.78 is 9.58. The van der Waals surface area contributed by atoms with Crippen LogP contribution in [0.1, 0.15) is 10.4 Å². The van der Waals surface area contributed by atoms with Gasteiger partial charge >= 0.3 is 5.97 Å². The van der Waals surface area contributed by atoms with E-state index in [1.807, 2.05) is 0 Å². The van der Waals surface area contributed by atoms with Crippen LogP contribution in [0, 0.1) is 0 Å². The van der Waals surface area contributed by atoms with Crippen LogP contribution in [-0.4, -0.2) is 18.2 Å². The fourth-order valence-corrected chi connectivity index (χ4v) is 1.48. The Kier molecular flexibility index (Phi) is 2.64. The molecular weight excluding hydrogens is 208 g/mol. The molecule has 2 rings (SSSR count). The molecule has 1 aromatic heterocycles. The van der Waals surface area contributed by atoms with Crippen molar-refractivity contribution in [1.29, 1.82) is 0 Å². The number of ether oxygens (including phenoxy) is 1. The van der Waals surface area contributed by atoms with Crippen molar-refractivity contribution in [2.75, 3.05) is 7.11 Å². The lowest BCUT2D eigenvalue weighted by atomic mass is 10.0. The third kappa shape index (κ3) is 1.65. The second kappa shape index (κ2) is 4.10. The second-order valence-electron chi connectivity index (χ2n) is 3.21. The van der Waals surface area contributed by atoms with Gasteiger partial charge in [0.05, 0.1) is 13.4 Å². The predicted octanol–water partition coefficient (Wildman–Crippen LogP) is 2.44. The van der Waals surface area contributed by atoms with Crippen LogP contribution in [0.15, 0.2) is 41.2 Å². The number of carbonyl (C=O) groups is 1. The molecule has 1 N–H and O–H groups in total. The Morgan fingerprint density at radius 1 is 1.25 bits per heavy atom. The van der Waals surface area contributed by atoms with Gasteiger partial charge in [0.25, 0.3) is 0 Å². The van der Waals surface area contributed by atoms with Crippen molar-refractivity contribution in [2.24, 2.45) is 0 Å². The molecule has 0 saturated heterocycles. The molecule has 82 valence electrons. The van der Waals surface area contributed by atoms with E-state index in [2.05, 4.69) is 4.74 Å². The quantitative estimate of drug-likeness (QED) is 0.786. The van der Waals surface area contributed by atoms with Crippen LogP contribution >= 0.6 is 0 Å². The van der Waals surface area contributed by atoms with Crippen molar-refractivity contribution in [3.05, 3.63) is 42.4 Å². The number of benzene rings is 1. The number of methoxy groups -OCH3 is 1. The Morgan fingerprint density at radius 2 is 2.00 bits per heavy atom. The van der Waals surface area contributed by atoms with Crippen molar-refractivity contribution >= 4 is 5.97 Å². The van der Waals surface area contributed by atoms with Crippen molar-refractivity contribution < 1.29 is 19.1 Å². The van der Waals surface area contributed by atoms with Gasteiger partial charge in [0.1, 0.15) is 17.6 Å². The molecule has 0 aliphatic rings. The van der Waals surface area contributed by atoms with Gasteiger partial charge in [0.15, 0.2) is 0 Å². The topological polar surface area (TPSA) is 59.7 Å². The zero-order chi connectivity index (χ0) is 11.5. The van der Waals surface area contributed by atoms with E-state index in [-0.39, 0.29) is 5.75 Å². The number of para-hydroxylation sites is 1. The minimum absolute atomic E-state index is 0.0917. The van der Waals surface area contributed by atoms with Crippen LogP contribution in [0.5, 0.6) is 5.75 Å². The zero-order valence-electron chi connectivity index (χ0n) is 8.64. The Balaban J connectivity index is 2.53. The number of esters is 1. The number of phenolic OH excluding ortho intramolecular Hbond substituents is 1. The lowest BCUT2D eigenvalue weighted by Crippen LogP contribution is -2.00. The van der Waals surface area contributed by atoms with Crippen molar-refractivity contribution in [3.63, 3.8) is 0 Å². The number of carbonyl (C=O) groups excluding carboxylic acids is 1. The zero-order valence-corrected chi connectivity index (χ0v) is 8.64. The second-order valence-corrected chi connectivity index (χ2v) is 3.21. The standard InChI is InChI=1S/C12H10O4/c1-15-12(14)10-7-16-6-9(10)8-4-2-3-5-11(8)13/h2-7,13H,1H3. The minimum atomic E-state index is -0.494. The van der Waals surface area contributed by atoms with Gasteiger partial charge in [0.2, 0.25) is 0 Å². The van der Waals surface area contributed by atoms with E-state index in [1.54, 1.807) is 24.3 Å². The normalized spacial score (nSPS) is 10.1. The molecule has 0 aliphatic carbocycles. The van der Waals surface area contributed by atoms with Crippen LogP contribution in [0.4, 0.5) is 0 Å². The highest BCUT2D eigenvalue weighted by atomic mass is 16.5. The summed E-state index contributed by atoms with van der Waals surface area (Å²) >= 11 is 0. The van der Waals surface area contributed by atoms with Gasteiger partial charge in [-0.3, -0.25) is 0 Å². The van der Waals surface area contributed by atoms with Crippen LogP contribution in [0.25, 0.3) is 11.1 Å². The Morgan fingerprint density at radius 3 is 2.69 bits per heavy atom. The van der Waals surface area contributed by atoms with E-state index in [0.29, 0.717) is 16.7 Å². The molecule has 16 heavy (non-hydrogen) atoms. The van der Waals surface area contributed by atoms with Gasteiger partial charge in [-0.1, -0.05) is 18.2 Å². The number of hydrogen-bond donors (Lipinski definition) is 1. The van der Waals surface area contributed by atoms with Crippen molar-refractivity contribution in [1.82, 2.24) is 0 Å². The molecular formula is C12H10O4. The van der Waals surface area contributed by atoms with E-state index >= 15 is 0 Å². The van der Waals surface area contributed by atoms with E-state index in [1.165, 1.54) is 19.6 Å². The summed E-state index contributed by atoms with van der Waals surface area (Å²) in [6.45, 7) is 0. The van der Waals surface area contributed by atoms with Crippen molar-refractivity contribution in [2.45, 2.75) is 0 Å². The van der Waals surface area contributed by atoms with Gasteiger partial charge in [-0.2, -0.15) is 0 Å². The first-order valence-corrected chi connectivity index (χ1v) is 4.67. The fourth-order valence-electron chi connectivity index (χ4n) is 1.48. The molecule has 2 aromatic rings. The first-order chi connectivity index (χ1) is 7.74. The molecule has 0 aliphatic heterocycles. The van der Waals surface area contributed by atoms with E-state index in [4.69, 9.17) is 4.42 Å². The number of aromatic hydroxyl groups is 1. The molecule has 1 aromatic carbocycles.